The molecule has 12 heteroatoms. The number of aliphatic hydroxyl groups excluding tert-OH is 1. The highest BCUT2D eigenvalue weighted by Crippen LogP contribution is 2.25. The van der Waals surface area contributed by atoms with Crippen LogP contribution in [0.4, 0.5) is 13.2 Å². The van der Waals surface area contributed by atoms with Crippen molar-refractivity contribution in [3.8, 4) is 0 Å². The van der Waals surface area contributed by atoms with Crippen LogP contribution in [-0.2, 0) is 23.7 Å². The second-order valence-electron chi connectivity index (χ2n) is 7.63. The van der Waals surface area contributed by atoms with Crippen LogP contribution in [-0.4, -0.2) is 88.8 Å². The lowest BCUT2D eigenvalue weighted by Crippen LogP contribution is -2.33. The maximum absolute atomic E-state index is 12.9. The molecule has 2 unspecified atom stereocenters. The van der Waals surface area contributed by atoms with E-state index in [1.54, 1.807) is 0 Å². The van der Waals surface area contributed by atoms with Crippen molar-refractivity contribution in [2.45, 2.75) is 72.3 Å². The number of hydrogen-bond acceptors (Lipinski definition) is 9. The van der Waals surface area contributed by atoms with E-state index in [0.29, 0.717) is 45.8 Å². The van der Waals surface area contributed by atoms with Gasteiger partial charge >= 0.3 is 6.18 Å². The van der Waals surface area contributed by atoms with Crippen molar-refractivity contribution in [1.29, 1.82) is 0 Å². The summed E-state index contributed by atoms with van der Waals surface area (Å²) in [6.45, 7) is 11.3. The third kappa shape index (κ3) is 22.0. The van der Waals surface area contributed by atoms with Crippen molar-refractivity contribution in [2.24, 2.45) is 16.5 Å². The van der Waals surface area contributed by atoms with Crippen LogP contribution in [0.1, 0.15) is 53.9 Å². The van der Waals surface area contributed by atoms with E-state index in [-0.39, 0.29) is 50.4 Å². The third-order valence-corrected chi connectivity index (χ3v) is 4.29. The zero-order valence-corrected chi connectivity index (χ0v) is 23.0. The topological polar surface area (TPSA) is 131 Å². The molecule has 9 nitrogen and oxygen atoms in total. The summed E-state index contributed by atoms with van der Waals surface area (Å²) in [5.74, 6) is -0.337. The monoisotopic (exact) mass is 543 g/mol. The van der Waals surface area contributed by atoms with E-state index in [9.17, 15) is 13.2 Å². The molecule has 1 aliphatic rings. The molecule has 0 saturated carbocycles. The third-order valence-electron chi connectivity index (χ3n) is 4.29. The molecular formula is C25H48F3N3O6. The number of allylic oxidation sites excluding steroid dienone is 1. The number of ether oxygens (including phenoxy) is 5. The Kier molecular flexibility index (Phi) is 24.9. The second kappa shape index (κ2) is 24.6. The Morgan fingerprint density at radius 2 is 1.70 bits per heavy atom. The van der Waals surface area contributed by atoms with Crippen molar-refractivity contribution >= 4 is 5.90 Å². The summed E-state index contributed by atoms with van der Waals surface area (Å²) in [5.41, 5.74) is 10.2. The van der Waals surface area contributed by atoms with Crippen LogP contribution in [0.3, 0.4) is 0 Å². The van der Waals surface area contributed by atoms with Crippen LogP contribution in [0, 0.1) is 0 Å². The maximum Gasteiger partial charge on any atom is 0.412 e. The van der Waals surface area contributed by atoms with Crippen molar-refractivity contribution in [3.63, 3.8) is 0 Å². The summed E-state index contributed by atoms with van der Waals surface area (Å²) < 4.78 is 65.4. The van der Waals surface area contributed by atoms with Gasteiger partial charge in [0.25, 0.3) is 0 Å². The number of nitrogens with two attached hydrogens (primary N) is 2. The molecule has 1 saturated heterocycles. The van der Waals surface area contributed by atoms with Crippen LogP contribution < -0.4 is 11.5 Å². The van der Waals surface area contributed by atoms with E-state index in [4.69, 9.17) is 40.3 Å². The van der Waals surface area contributed by atoms with Crippen molar-refractivity contribution in [2.75, 3.05) is 59.4 Å². The Bertz CT molecular complexity index is 631. The maximum atomic E-state index is 12.9. The lowest BCUT2D eigenvalue weighted by atomic mass is 10.1. The van der Waals surface area contributed by atoms with Gasteiger partial charge in [0.15, 0.2) is 0 Å². The first kappa shape index (κ1) is 37.5. The number of nitrogens with zero attached hydrogens (tertiary/aromatic N) is 1. The number of rotatable bonds is 14. The summed E-state index contributed by atoms with van der Waals surface area (Å²) in [4.78, 5) is 3.92. The molecule has 0 aromatic rings. The molecule has 0 aromatic carbocycles. The number of alkyl halides is 3. The van der Waals surface area contributed by atoms with Gasteiger partial charge in [-0.3, -0.25) is 0 Å². The summed E-state index contributed by atoms with van der Waals surface area (Å²) >= 11 is 0. The number of aliphatic imine (C=N–C) groups is 1. The Labute approximate surface area is 220 Å². The average molecular weight is 544 g/mol. The van der Waals surface area contributed by atoms with Crippen LogP contribution in [0.25, 0.3) is 0 Å². The summed E-state index contributed by atoms with van der Waals surface area (Å²) in [5, 5.41) is 9.15. The van der Waals surface area contributed by atoms with Crippen LogP contribution in [0.2, 0.25) is 0 Å². The second-order valence-corrected chi connectivity index (χ2v) is 7.63. The molecule has 1 rings (SSSR count). The van der Waals surface area contributed by atoms with Gasteiger partial charge in [-0.1, -0.05) is 34.1 Å². The number of hydrogen-bond donors (Lipinski definition) is 3. The minimum absolute atomic E-state index is 0.0221. The van der Waals surface area contributed by atoms with Gasteiger partial charge in [-0.25, -0.2) is 0 Å². The summed E-state index contributed by atoms with van der Waals surface area (Å²) in [7, 11) is 0. The van der Waals surface area contributed by atoms with E-state index in [1.165, 1.54) is 12.5 Å². The lowest BCUT2D eigenvalue weighted by Gasteiger charge is -2.28. The van der Waals surface area contributed by atoms with Crippen molar-refractivity contribution < 1.29 is 42.0 Å². The molecule has 37 heavy (non-hydrogen) atoms. The summed E-state index contributed by atoms with van der Waals surface area (Å²) in [6, 6.07) is 0. The quantitative estimate of drug-likeness (QED) is 0.172. The lowest BCUT2D eigenvalue weighted by molar-refractivity contribution is -0.0913. The molecule has 0 aliphatic carbocycles. The van der Waals surface area contributed by atoms with Gasteiger partial charge < -0.3 is 40.3 Å². The molecule has 220 valence electrons. The number of halogens is 3. The smallest absolute Gasteiger partial charge is 0.412 e. The van der Waals surface area contributed by atoms with E-state index in [0.717, 1.165) is 13.0 Å². The number of aliphatic hydroxyl groups is 1. The highest BCUT2D eigenvalue weighted by atomic mass is 19.4. The van der Waals surface area contributed by atoms with E-state index in [2.05, 4.69) is 18.8 Å². The Morgan fingerprint density at radius 1 is 1.11 bits per heavy atom. The molecule has 0 radical (unpaired) electrons. The molecule has 0 spiro atoms. The van der Waals surface area contributed by atoms with Gasteiger partial charge in [0.2, 0.25) is 5.90 Å². The molecule has 1 aliphatic heterocycles. The van der Waals surface area contributed by atoms with Gasteiger partial charge in [0, 0.05) is 31.2 Å². The largest absolute Gasteiger partial charge is 0.475 e. The Balaban J connectivity index is 0. The average Bonchev–Trinajstić information content (AvgIpc) is 2.86. The fourth-order valence-electron chi connectivity index (χ4n) is 2.55. The van der Waals surface area contributed by atoms with Gasteiger partial charge in [-0.2, -0.15) is 18.2 Å². The SMILES string of the molecule is CC.CCC.C\C(=C/C(=N\C(N)=C\COC1CCOC(CO)C1)OCCOCCOCCN)C(F)(F)F. The zero-order valence-electron chi connectivity index (χ0n) is 23.0. The van der Waals surface area contributed by atoms with Crippen molar-refractivity contribution in [3.05, 3.63) is 23.5 Å². The molecule has 2 atom stereocenters. The predicted molar refractivity (Wildman–Crippen MR) is 139 cm³/mol. The molecule has 0 amide bonds. The molecule has 1 heterocycles. The first-order valence-electron chi connectivity index (χ1n) is 12.8. The van der Waals surface area contributed by atoms with Gasteiger partial charge in [0.05, 0.1) is 51.8 Å². The molecule has 0 aromatic heterocycles. The summed E-state index contributed by atoms with van der Waals surface area (Å²) in [6.07, 6.45) is -0.208. The minimum Gasteiger partial charge on any atom is -0.475 e. The molecule has 0 bridgehead atoms. The Hall–Kier alpha value is -1.70. The van der Waals surface area contributed by atoms with E-state index in [1.807, 2.05) is 13.8 Å². The van der Waals surface area contributed by atoms with Crippen molar-refractivity contribution in [1.82, 2.24) is 0 Å². The fraction of sp³-hybridized carbons (Fsp3) is 0.800. The highest BCUT2D eigenvalue weighted by molar-refractivity contribution is 5.89. The van der Waals surface area contributed by atoms with E-state index >= 15 is 0 Å². The molecule has 1 fully saturated rings. The Morgan fingerprint density at radius 3 is 2.27 bits per heavy atom. The standard InChI is InChI=1S/C20H34F3N3O6.C3H8.C2H6/c1-15(20(21,22)23)12-19(32-11-10-29-9-8-28-7-4-24)26-18(25)3-6-30-16-2-5-31-17(13-16)14-27;1-3-2;1-2/h3,12,16-17,27H,2,4-11,13-14,24-25H2,1H3;3H2,1-2H3;1-2H3/b15-12+,18-3+,26-19+;;. The van der Waals surface area contributed by atoms with Gasteiger partial charge in [0.1, 0.15) is 12.4 Å². The minimum atomic E-state index is -4.52. The molecule has 5 N–H and O–H groups in total. The van der Waals surface area contributed by atoms with Gasteiger partial charge in [-0.05, 0) is 19.4 Å². The van der Waals surface area contributed by atoms with E-state index < -0.39 is 11.7 Å². The normalized spacial score (nSPS) is 18.9. The molecular weight excluding hydrogens is 495 g/mol. The fourth-order valence-corrected chi connectivity index (χ4v) is 2.55. The predicted octanol–water partition coefficient (Wildman–Crippen LogP) is 3.70. The van der Waals surface area contributed by atoms with Gasteiger partial charge in [-0.15, -0.1) is 0 Å². The zero-order chi connectivity index (χ0) is 28.5. The first-order chi connectivity index (χ1) is 17.7. The van der Waals surface area contributed by atoms with Crippen LogP contribution >= 0.6 is 0 Å². The van der Waals surface area contributed by atoms with Crippen LogP contribution in [0.5, 0.6) is 0 Å². The highest BCUT2D eigenvalue weighted by Gasteiger charge is 2.30. The van der Waals surface area contributed by atoms with Crippen LogP contribution in [0.15, 0.2) is 28.5 Å². The first-order valence-corrected chi connectivity index (χ1v) is 12.8.